The summed E-state index contributed by atoms with van der Waals surface area (Å²) >= 11 is 11.7. The number of amides is 2. The molecule has 0 saturated heterocycles. The van der Waals surface area contributed by atoms with E-state index in [2.05, 4.69) is 10.6 Å². The van der Waals surface area contributed by atoms with Gasteiger partial charge in [-0.2, -0.15) is 0 Å². The van der Waals surface area contributed by atoms with Gasteiger partial charge in [-0.25, -0.2) is 0 Å². The van der Waals surface area contributed by atoms with Gasteiger partial charge in [0.2, 0.25) is 0 Å². The Kier molecular flexibility index (Phi) is 7.45. The van der Waals surface area contributed by atoms with Gasteiger partial charge in [0.05, 0.1) is 12.7 Å². The standard InChI is InChI=1S/C18H16Cl2N2O5/c1-26-15-5-3-2-4-14(15)18(25)21-9-17(24)27-10-16(23)22-13-7-11(19)6-12(20)8-13/h2-8H,9-10H2,1H3,(H,21,25)(H,22,23). The maximum Gasteiger partial charge on any atom is 0.325 e. The van der Waals surface area contributed by atoms with Crippen molar-refractivity contribution in [3.8, 4) is 5.75 Å². The zero-order chi connectivity index (χ0) is 19.8. The molecule has 0 saturated carbocycles. The fourth-order valence-corrected chi connectivity index (χ4v) is 2.63. The van der Waals surface area contributed by atoms with E-state index < -0.39 is 30.9 Å². The molecule has 0 radical (unpaired) electrons. The fraction of sp³-hybridized carbons (Fsp3) is 0.167. The first-order valence-electron chi connectivity index (χ1n) is 7.72. The number of ether oxygens (including phenoxy) is 2. The minimum Gasteiger partial charge on any atom is -0.496 e. The van der Waals surface area contributed by atoms with E-state index >= 15 is 0 Å². The van der Waals surface area contributed by atoms with Gasteiger partial charge < -0.3 is 20.1 Å². The van der Waals surface area contributed by atoms with Gasteiger partial charge in [0.1, 0.15) is 12.3 Å². The predicted octanol–water partition coefficient (Wildman–Crippen LogP) is 2.91. The third kappa shape index (κ3) is 6.47. The predicted molar refractivity (Wildman–Crippen MR) is 101 cm³/mol. The number of carbonyl (C=O) groups is 3. The van der Waals surface area contributed by atoms with Crippen LogP contribution < -0.4 is 15.4 Å². The Balaban J connectivity index is 1.78. The summed E-state index contributed by atoms with van der Waals surface area (Å²) in [5, 5.41) is 5.61. The van der Waals surface area contributed by atoms with E-state index in [9.17, 15) is 14.4 Å². The molecule has 7 nitrogen and oxygen atoms in total. The molecular formula is C18H16Cl2N2O5. The first-order valence-corrected chi connectivity index (χ1v) is 8.47. The maximum absolute atomic E-state index is 12.1. The molecule has 9 heteroatoms. The molecule has 0 aliphatic carbocycles. The summed E-state index contributed by atoms with van der Waals surface area (Å²) in [6.45, 7) is -0.916. The van der Waals surface area contributed by atoms with Crippen molar-refractivity contribution in [3.63, 3.8) is 0 Å². The van der Waals surface area contributed by atoms with Crippen molar-refractivity contribution < 1.29 is 23.9 Å². The number of methoxy groups -OCH3 is 1. The van der Waals surface area contributed by atoms with Gasteiger partial charge in [0.25, 0.3) is 11.8 Å². The minimum atomic E-state index is -0.766. The van der Waals surface area contributed by atoms with Crippen molar-refractivity contribution >= 4 is 46.7 Å². The first-order chi connectivity index (χ1) is 12.9. The highest BCUT2D eigenvalue weighted by Gasteiger charge is 2.14. The highest BCUT2D eigenvalue weighted by Crippen LogP contribution is 2.22. The third-order valence-corrected chi connectivity index (χ3v) is 3.69. The number of benzene rings is 2. The lowest BCUT2D eigenvalue weighted by atomic mass is 10.2. The van der Waals surface area contributed by atoms with Gasteiger partial charge >= 0.3 is 5.97 Å². The Bertz CT molecular complexity index is 837. The number of esters is 1. The zero-order valence-corrected chi connectivity index (χ0v) is 15.8. The number of hydrogen-bond acceptors (Lipinski definition) is 5. The van der Waals surface area contributed by atoms with Crippen molar-refractivity contribution in [1.82, 2.24) is 5.32 Å². The normalized spacial score (nSPS) is 10.0. The molecule has 2 amide bonds. The van der Waals surface area contributed by atoms with Crippen LogP contribution in [0.5, 0.6) is 5.75 Å². The number of nitrogens with one attached hydrogen (secondary N) is 2. The molecule has 0 heterocycles. The molecular weight excluding hydrogens is 395 g/mol. The SMILES string of the molecule is COc1ccccc1C(=O)NCC(=O)OCC(=O)Nc1cc(Cl)cc(Cl)c1. The summed E-state index contributed by atoms with van der Waals surface area (Å²) in [5.74, 6) is -1.46. The second kappa shape index (κ2) is 9.80. The summed E-state index contributed by atoms with van der Waals surface area (Å²) < 4.78 is 9.89. The molecule has 2 rings (SSSR count). The number of carbonyl (C=O) groups excluding carboxylic acids is 3. The quantitative estimate of drug-likeness (QED) is 0.684. The van der Waals surface area contributed by atoms with Crippen LogP contribution in [-0.2, 0) is 14.3 Å². The Morgan fingerprint density at radius 3 is 2.37 bits per heavy atom. The largest absolute Gasteiger partial charge is 0.496 e. The zero-order valence-electron chi connectivity index (χ0n) is 14.3. The van der Waals surface area contributed by atoms with E-state index in [4.69, 9.17) is 32.7 Å². The van der Waals surface area contributed by atoms with Crippen LogP contribution in [0.15, 0.2) is 42.5 Å². The van der Waals surface area contributed by atoms with Crippen LogP contribution in [0.4, 0.5) is 5.69 Å². The molecule has 0 aliphatic heterocycles. The van der Waals surface area contributed by atoms with E-state index in [0.717, 1.165) is 0 Å². The smallest absolute Gasteiger partial charge is 0.325 e. The van der Waals surface area contributed by atoms with Gasteiger partial charge in [-0.15, -0.1) is 0 Å². The van der Waals surface area contributed by atoms with Crippen LogP contribution >= 0.6 is 23.2 Å². The second-order valence-electron chi connectivity index (χ2n) is 5.25. The number of halogens is 2. The maximum atomic E-state index is 12.1. The van der Waals surface area contributed by atoms with Crippen LogP contribution in [0.3, 0.4) is 0 Å². The highest BCUT2D eigenvalue weighted by molar-refractivity contribution is 6.35. The van der Waals surface area contributed by atoms with Gasteiger partial charge in [-0.1, -0.05) is 35.3 Å². The van der Waals surface area contributed by atoms with Gasteiger partial charge in [0, 0.05) is 15.7 Å². The Morgan fingerprint density at radius 2 is 1.70 bits per heavy atom. The van der Waals surface area contributed by atoms with Crippen molar-refractivity contribution in [2.75, 3.05) is 25.6 Å². The first kappa shape index (κ1) is 20.5. The summed E-state index contributed by atoms with van der Waals surface area (Å²) in [6.07, 6.45) is 0. The molecule has 2 N–H and O–H groups in total. The Hall–Kier alpha value is -2.77. The van der Waals surface area contributed by atoms with Gasteiger partial charge in [-0.05, 0) is 30.3 Å². The lowest BCUT2D eigenvalue weighted by Gasteiger charge is -2.09. The second-order valence-corrected chi connectivity index (χ2v) is 6.12. The van der Waals surface area contributed by atoms with Crippen LogP contribution in [0, 0.1) is 0 Å². The van der Waals surface area contributed by atoms with Crippen molar-refractivity contribution in [3.05, 3.63) is 58.1 Å². The van der Waals surface area contributed by atoms with Crippen molar-refractivity contribution in [2.45, 2.75) is 0 Å². The third-order valence-electron chi connectivity index (χ3n) is 3.26. The molecule has 2 aromatic rings. The van der Waals surface area contributed by atoms with E-state index in [1.165, 1.54) is 25.3 Å². The molecule has 0 aliphatic rings. The summed E-state index contributed by atoms with van der Waals surface area (Å²) in [5.41, 5.74) is 0.654. The van der Waals surface area contributed by atoms with Gasteiger partial charge in [0.15, 0.2) is 6.61 Å². The van der Waals surface area contributed by atoms with E-state index in [1.807, 2.05) is 0 Å². The topological polar surface area (TPSA) is 93.7 Å². The molecule has 0 spiro atoms. The van der Waals surface area contributed by atoms with E-state index in [1.54, 1.807) is 24.3 Å². The van der Waals surface area contributed by atoms with E-state index in [0.29, 0.717) is 21.5 Å². The number of hydrogen-bond donors (Lipinski definition) is 2. The Morgan fingerprint density at radius 1 is 1.04 bits per heavy atom. The number of para-hydroxylation sites is 1. The van der Waals surface area contributed by atoms with Crippen LogP contribution in [-0.4, -0.2) is 38.0 Å². The average Bonchev–Trinajstić information content (AvgIpc) is 2.63. The van der Waals surface area contributed by atoms with Crippen LogP contribution in [0.1, 0.15) is 10.4 Å². The molecule has 0 unspecified atom stereocenters. The number of rotatable bonds is 7. The highest BCUT2D eigenvalue weighted by atomic mass is 35.5. The minimum absolute atomic E-state index is 0.281. The van der Waals surface area contributed by atoms with Crippen LogP contribution in [0.2, 0.25) is 10.0 Å². The summed E-state index contributed by atoms with van der Waals surface area (Å²) in [6, 6.07) is 11.1. The number of anilines is 1. The van der Waals surface area contributed by atoms with Crippen molar-refractivity contribution in [1.29, 1.82) is 0 Å². The van der Waals surface area contributed by atoms with Crippen LogP contribution in [0.25, 0.3) is 0 Å². The summed E-state index contributed by atoms with van der Waals surface area (Å²) in [4.78, 5) is 35.6. The average molecular weight is 411 g/mol. The molecule has 142 valence electrons. The molecule has 27 heavy (non-hydrogen) atoms. The molecule has 0 atom stereocenters. The molecule has 0 bridgehead atoms. The van der Waals surface area contributed by atoms with Crippen molar-refractivity contribution in [2.24, 2.45) is 0 Å². The molecule has 0 fully saturated rings. The molecule has 0 aromatic heterocycles. The lowest BCUT2D eigenvalue weighted by Crippen LogP contribution is -2.32. The van der Waals surface area contributed by atoms with Gasteiger partial charge in [-0.3, -0.25) is 14.4 Å². The molecule has 2 aromatic carbocycles. The fourth-order valence-electron chi connectivity index (χ4n) is 2.10. The Labute approximate surface area is 165 Å². The summed E-state index contributed by atoms with van der Waals surface area (Å²) in [7, 11) is 1.44. The monoisotopic (exact) mass is 410 g/mol. The lowest BCUT2D eigenvalue weighted by molar-refractivity contribution is -0.146. The van der Waals surface area contributed by atoms with E-state index in [-0.39, 0.29) is 5.56 Å².